The molecule has 0 saturated heterocycles. The zero-order valence-corrected chi connectivity index (χ0v) is 11.8. The number of anilines is 1. The Labute approximate surface area is 108 Å². The van der Waals surface area contributed by atoms with Crippen molar-refractivity contribution in [1.29, 1.82) is 0 Å². The van der Waals surface area contributed by atoms with Gasteiger partial charge < -0.3 is 5.32 Å². The Morgan fingerprint density at radius 2 is 1.89 bits per heavy atom. The van der Waals surface area contributed by atoms with Gasteiger partial charge in [-0.2, -0.15) is 0 Å². The quantitative estimate of drug-likeness (QED) is 0.870. The molecule has 0 unspecified atom stereocenters. The van der Waals surface area contributed by atoms with Crippen LogP contribution in [0.15, 0.2) is 23.1 Å². The van der Waals surface area contributed by atoms with Crippen molar-refractivity contribution >= 4 is 21.6 Å². The first-order valence-electron chi connectivity index (χ1n) is 5.63. The fourth-order valence-electron chi connectivity index (χ4n) is 1.36. The standard InChI is InChI=1S/C12H18N2O3S/c1-8(2)12(15)14-10-6-5-9(3)11(7-10)18(16,17)13-4/h5-8,13H,1-4H3,(H,14,15). The van der Waals surface area contributed by atoms with Gasteiger partial charge in [0, 0.05) is 11.6 Å². The molecule has 0 spiro atoms. The molecule has 0 radical (unpaired) electrons. The second kappa shape index (κ2) is 5.49. The van der Waals surface area contributed by atoms with Gasteiger partial charge in [0.25, 0.3) is 0 Å². The summed E-state index contributed by atoms with van der Waals surface area (Å²) < 4.78 is 25.8. The Morgan fingerprint density at radius 1 is 1.28 bits per heavy atom. The van der Waals surface area contributed by atoms with Gasteiger partial charge in [0.05, 0.1) is 4.90 Å². The molecule has 0 aliphatic carbocycles. The first-order chi connectivity index (χ1) is 8.27. The van der Waals surface area contributed by atoms with Gasteiger partial charge >= 0.3 is 0 Å². The summed E-state index contributed by atoms with van der Waals surface area (Å²) in [5.74, 6) is -0.303. The van der Waals surface area contributed by atoms with Crippen molar-refractivity contribution in [1.82, 2.24) is 4.72 Å². The van der Waals surface area contributed by atoms with Gasteiger partial charge in [-0.15, -0.1) is 0 Å². The molecule has 5 nitrogen and oxygen atoms in total. The summed E-state index contributed by atoms with van der Waals surface area (Å²) >= 11 is 0. The molecule has 0 fully saturated rings. The number of rotatable bonds is 4. The minimum absolute atomic E-state index is 0.147. The fraction of sp³-hybridized carbons (Fsp3) is 0.417. The van der Waals surface area contributed by atoms with Crippen LogP contribution in [0.25, 0.3) is 0 Å². The van der Waals surface area contributed by atoms with Gasteiger partial charge in [-0.25, -0.2) is 13.1 Å². The molecule has 18 heavy (non-hydrogen) atoms. The topological polar surface area (TPSA) is 75.3 Å². The molecule has 6 heteroatoms. The predicted molar refractivity (Wildman–Crippen MR) is 70.9 cm³/mol. The number of amides is 1. The summed E-state index contributed by atoms with van der Waals surface area (Å²) in [6.45, 7) is 5.25. The molecule has 100 valence electrons. The number of hydrogen-bond donors (Lipinski definition) is 2. The highest BCUT2D eigenvalue weighted by atomic mass is 32.2. The van der Waals surface area contributed by atoms with E-state index in [1.165, 1.54) is 13.1 Å². The monoisotopic (exact) mass is 270 g/mol. The molecule has 1 aromatic carbocycles. The summed E-state index contributed by atoms with van der Waals surface area (Å²) in [6.07, 6.45) is 0. The summed E-state index contributed by atoms with van der Waals surface area (Å²) in [6, 6.07) is 4.81. The number of benzene rings is 1. The van der Waals surface area contributed by atoms with Crippen LogP contribution in [0.2, 0.25) is 0 Å². The van der Waals surface area contributed by atoms with E-state index < -0.39 is 10.0 Å². The molecule has 0 aromatic heterocycles. The van der Waals surface area contributed by atoms with Crippen LogP contribution < -0.4 is 10.0 Å². The molecule has 0 atom stereocenters. The van der Waals surface area contributed by atoms with Crippen LogP contribution in [0.1, 0.15) is 19.4 Å². The van der Waals surface area contributed by atoms with Gasteiger partial charge in [-0.05, 0) is 31.7 Å². The van der Waals surface area contributed by atoms with Crippen LogP contribution in [0.3, 0.4) is 0 Å². The second-order valence-corrected chi connectivity index (χ2v) is 6.19. The minimum atomic E-state index is -3.51. The van der Waals surface area contributed by atoms with Crippen molar-refractivity contribution in [2.75, 3.05) is 12.4 Å². The van der Waals surface area contributed by atoms with Crippen molar-refractivity contribution < 1.29 is 13.2 Å². The Kier molecular flexibility index (Phi) is 4.48. The van der Waals surface area contributed by atoms with E-state index in [1.54, 1.807) is 32.9 Å². The van der Waals surface area contributed by atoms with Crippen molar-refractivity contribution in [3.8, 4) is 0 Å². The number of sulfonamides is 1. The summed E-state index contributed by atoms with van der Waals surface area (Å²) in [4.78, 5) is 11.7. The number of carbonyl (C=O) groups is 1. The maximum absolute atomic E-state index is 11.8. The number of hydrogen-bond acceptors (Lipinski definition) is 3. The maximum Gasteiger partial charge on any atom is 0.240 e. The Balaban J connectivity index is 3.13. The van der Waals surface area contributed by atoms with Crippen LogP contribution in [-0.2, 0) is 14.8 Å². The van der Waals surface area contributed by atoms with E-state index >= 15 is 0 Å². The average Bonchev–Trinajstić information content (AvgIpc) is 2.31. The SMILES string of the molecule is CNS(=O)(=O)c1cc(NC(=O)C(C)C)ccc1C. The van der Waals surface area contributed by atoms with Gasteiger partial charge in [-0.1, -0.05) is 19.9 Å². The first-order valence-corrected chi connectivity index (χ1v) is 7.11. The van der Waals surface area contributed by atoms with E-state index in [9.17, 15) is 13.2 Å². The van der Waals surface area contributed by atoms with Crippen LogP contribution in [0.5, 0.6) is 0 Å². The highest BCUT2D eigenvalue weighted by Gasteiger charge is 2.16. The highest BCUT2D eigenvalue weighted by Crippen LogP contribution is 2.20. The molecule has 2 N–H and O–H groups in total. The van der Waals surface area contributed by atoms with Gasteiger partial charge in [0.1, 0.15) is 0 Å². The smallest absolute Gasteiger partial charge is 0.240 e. The maximum atomic E-state index is 11.8. The number of nitrogens with one attached hydrogen (secondary N) is 2. The molecule has 0 heterocycles. The molecular weight excluding hydrogens is 252 g/mol. The van der Waals surface area contributed by atoms with Crippen LogP contribution >= 0.6 is 0 Å². The molecule has 1 aromatic rings. The van der Waals surface area contributed by atoms with Gasteiger partial charge in [0.2, 0.25) is 15.9 Å². The summed E-state index contributed by atoms with van der Waals surface area (Å²) in [7, 11) is -2.15. The van der Waals surface area contributed by atoms with Crippen molar-refractivity contribution in [2.45, 2.75) is 25.7 Å². The largest absolute Gasteiger partial charge is 0.326 e. The minimum Gasteiger partial charge on any atom is -0.326 e. The zero-order chi connectivity index (χ0) is 13.9. The lowest BCUT2D eigenvalue weighted by Crippen LogP contribution is -2.21. The highest BCUT2D eigenvalue weighted by molar-refractivity contribution is 7.89. The third kappa shape index (κ3) is 3.30. The van der Waals surface area contributed by atoms with E-state index in [4.69, 9.17) is 0 Å². The lowest BCUT2D eigenvalue weighted by atomic mass is 10.2. The fourth-order valence-corrected chi connectivity index (χ4v) is 2.36. The van der Waals surface area contributed by atoms with Crippen molar-refractivity contribution in [3.63, 3.8) is 0 Å². The molecule has 0 aliphatic heterocycles. The lowest BCUT2D eigenvalue weighted by Gasteiger charge is -2.11. The molecule has 0 aliphatic rings. The Hall–Kier alpha value is -1.40. The molecular formula is C12H18N2O3S. The van der Waals surface area contributed by atoms with E-state index in [0.29, 0.717) is 11.3 Å². The van der Waals surface area contributed by atoms with Gasteiger partial charge in [-0.3, -0.25) is 4.79 Å². The van der Waals surface area contributed by atoms with Crippen molar-refractivity contribution in [2.24, 2.45) is 5.92 Å². The van der Waals surface area contributed by atoms with Crippen LogP contribution in [0, 0.1) is 12.8 Å². The summed E-state index contributed by atoms with van der Waals surface area (Å²) in [5.41, 5.74) is 1.11. The van der Waals surface area contributed by atoms with Crippen molar-refractivity contribution in [3.05, 3.63) is 23.8 Å². The van der Waals surface area contributed by atoms with E-state index in [0.717, 1.165) is 0 Å². The number of carbonyl (C=O) groups excluding carboxylic acids is 1. The van der Waals surface area contributed by atoms with Gasteiger partial charge in [0.15, 0.2) is 0 Å². The lowest BCUT2D eigenvalue weighted by molar-refractivity contribution is -0.118. The van der Waals surface area contributed by atoms with E-state index in [-0.39, 0.29) is 16.7 Å². The molecule has 1 rings (SSSR count). The van der Waals surface area contributed by atoms with E-state index in [2.05, 4.69) is 10.0 Å². The van der Waals surface area contributed by atoms with E-state index in [1.807, 2.05) is 0 Å². The zero-order valence-electron chi connectivity index (χ0n) is 10.9. The normalized spacial score (nSPS) is 11.6. The Morgan fingerprint density at radius 3 is 2.39 bits per heavy atom. The summed E-state index contributed by atoms with van der Waals surface area (Å²) in [5, 5.41) is 2.67. The molecule has 1 amide bonds. The first kappa shape index (κ1) is 14.7. The predicted octanol–water partition coefficient (Wildman–Crippen LogP) is 1.50. The molecule has 0 bridgehead atoms. The van der Waals surface area contributed by atoms with Crippen LogP contribution in [0.4, 0.5) is 5.69 Å². The second-order valence-electron chi connectivity index (χ2n) is 4.33. The third-order valence-corrected chi connectivity index (χ3v) is 4.09. The Bertz CT molecular complexity index is 550. The average molecular weight is 270 g/mol. The molecule has 0 saturated carbocycles. The number of aryl methyl sites for hydroxylation is 1. The van der Waals surface area contributed by atoms with Crippen LogP contribution in [-0.4, -0.2) is 21.4 Å². The third-order valence-electron chi connectivity index (χ3n) is 2.54.